The van der Waals surface area contributed by atoms with E-state index in [0.29, 0.717) is 6.54 Å². The molecule has 0 aromatic heterocycles. The van der Waals surface area contributed by atoms with Gasteiger partial charge >= 0.3 is 0 Å². The molecular weight excluding hydrogens is 204 g/mol. The molecule has 3 unspecified atom stereocenters. The Kier molecular flexibility index (Phi) is 4.63. The van der Waals surface area contributed by atoms with Gasteiger partial charge in [0, 0.05) is 33.9 Å². The van der Waals surface area contributed by atoms with Crippen molar-refractivity contribution in [1.82, 2.24) is 4.90 Å². The van der Waals surface area contributed by atoms with Gasteiger partial charge in [-0.3, -0.25) is 4.90 Å². The lowest BCUT2D eigenvalue weighted by atomic mass is 10.3. The van der Waals surface area contributed by atoms with E-state index in [1.54, 1.807) is 14.2 Å². The molecule has 5 heteroatoms. The summed E-state index contributed by atoms with van der Waals surface area (Å²) in [5.41, 5.74) is 0. The van der Waals surface area contributed by atoms with Crippen molar-refractivity contribution in [2.75, 3.05) is 33.9 Å². The molecule has 1 aliphatic rings. The molecule has 0 bridgehead atoms. The molecule has 4 nitrogen and oxygen atoms in total. The molecule has 1 saturated heterocycles. The summed E-state index contributed by atoms with van der Waals surface area (Å²) in [5.74, 6) is 0. The van der Waals surface area contributed by atoms with Crippen molar-refractivity contribution >= 4 is 11.6 Å². The van der Waals surface area contributed by atoms with Gasteiger partial charge in [-0.2, -0.15) is 5.26 Å². The molecule has 0 radical (unpaired) electrons. The quantitative estimate of drug-likeness (QED) is 0.644. The molecule has 0 spiro atoms. The van der Waals surface area contributed by atoms with Crippen LogP contribution in [0, 0.1) is 11.3 Å². The predicted octanol–water partition coefficient (Wildman–Crippen LogP) is 0.463. The second kappa shape index (κ2) is 5.52. The number of methoxy groups -OCH3 is 2. The third-order valence-electron chi connectivity index (χ3n) is 2.46. The highest BCUT2D eigenvalue weighted by Crippen LogP contribution is 2.16. The molecule has 1 aliphatic heterocycles. The maximum atomic E-state index is 8.57. The molecule has 0 aromatic carbocycles. The number of rotatable bonds is 4. The Balaban J connectivity index is 2.41. The minimum absolute atomic E-state index is 0.0857. The van der Waals surface area contributed by atoms with Crippen LogP contribution in [0.4, 0.5) is 0 Å². The van der Waals surface area contributed by atoms with Crippen LogP contribution in [0.3, 0.4) is 0 Å². The first-order chi connectivity index (χ1) is 6.71. The molecule has 80 valence electrons. The molecule has 0 saturated carbocycles. The lowest BCUT2D eigenvalue weighted by molar-refractivity contribution is -0.00461. The van der Waals surface area contributed by atoms with Crippen molar-refractivity contribution in [3.05, 3.63) is 0 Å². The van der Waals surface area contributed by atoms with Crippen molar-refractivity contribution in [3.8, 4) is 6.07 Å². The molecule has 0 amide bonds. The highest BCUT2D eigenvalue weighted by molar-refractivity contribution is 6.22. The maximum Gasteiger partial charge on any atom is 0.133 e. The summed E-state index contributed by atoms with van der Waals surface area (Å²) in [7, 11) is 3.34. The van der Waals surface area contributed by atoms with Crippen molar-refractivity contribution < 1.29 is 9.47 Å². The van der Waals surface area contributed by atoms with Gasteiger partial charge in [-0.15, -0.1) is 11.6 Å². The molecule has 14 heavy (non-hydrogen) atoms. The normalized spacial score (nSPS) is 30.1. The summed E-state index contributed by atoms with van der Waals surface area (Å²) in [6.07, 6.45) is 0.171. The molecule has 0 aliphatic carbocycles. The number of likely N-dealkylation sites (tertiary alicyclic amines) is 1. The van der Waals surface area contributed by atoms with E-state index in [9.17, 15) is 0 Å². The van der Waals surface area contributed by atoms with Gasteiger partial charge in [-0.1, -0.05) is 0 Å². The number of nitriles is 1. The third-order valence-corrected chi connectivity index (χ3v) is 2.69. The van der Waals surface area contributed by atoms with Gasteiger partial charge < -0.3 is 9.47 Å². The number of nitrogens with zero attached hydrogens (tertiary/aromatic N) is 2. The topological polar surface area (TPSA) is 45.5 Å². The van der Waals surface area contributed by atoms with Gasteiger partial charge in [0.1, 0.15) is 5.38 Å². The van der Waals surface area contributed by atoms with Crippen LogP contribution in [0.15, 0.2) is 0 Å². The van der Waals surface area contributed by atoms with Crippen LogP contribution in [0.1, 0.15) is 0 Å². The van der Waals surface area contributed by atoms with E-state index in [-0.39, 0.29) is 12.2 Å². The smallest absolute Gasteiger partial charge is 0.133 e. The number of halogens is 1. The van der Waals surface area contributed by atoms with E-state index in [1.807, 2.05) is 6.07 Å². The van der Waals surface area contributed by atoms with Crippen LogP contribution in [-0.2, 0) is 9.47 Å². The second-order valence-corrected chi connectivity index (χ2v) is 3.89. The van der Waals surface area contributed by atoms with Crippen molar-refractivity contribution in [1.29, 1.82) is 5.26 Å². The van der Waals surface area contributed by atoms with Crippen molar-refractivity contribution in [2.24, 2.45) is 0 Å². The van der Waals surface area contributed by atoms with E-state index >= 15 is 0 Å². The molecular formula is C9H15ClN2O2. The molecule has 1 fully saturated rings. The van der Waals surface area contributed by atoms with Crippen molar-refractivity contribution in [2.45, 2.75) is 17.6 Å². The number of ether oxygens (including phenoxy) is 2. The van der Waals surface area contributed by atoms with Gasteiger partial charge in [0.05, 0.1) is 18.3 Å². The number of alkyl halides is 1. The standard InChI is InChI=1S/C9H15ClN2O2/c1-13-8-5-12(4-7(10)3-11)6-9(8)14-2/h7-9H,4-6H2,1-2H3. The van der Waals surface area contributed by atoms with E-state index < -0.39 is 5.38 Å². The average molecular weight is 219 g/mol. The molecule has 1 rings (SSSR count). The fourth-order valence-electron chi connectivity index (χ4n) is 1.69. The third kappa shape index (κ3) is 2.82. The monoisotopic (exact) mass is 218 g/mol. The minimum atomic E-state index is -0.455. The van der Waals surface area contributed by atoms with E-state index in [1.165, 1.54) is 0 Å². The van der Waals surface area contributed by atoms with E-state index in [0.717, 1.165) is 13.1 Å². The van der Waals surface area contributed by atoms with Gasteiger partial charge in [0.2, 0.25) is 0 Å². The van der Waals surface area contributed by atoms with Crippen LogP contribution in [0.25, 0.3) is 0 Å². The fourth-order valence-corrected chi connectivity index (χ4v) is 1.88. The van der Waals surface area contributed by atoms with Gasteiger partial charge in [-0.25, -0.2) is 0 Å². The number of hydrogen-bond donors (Lipinski definition) is 0. The summed E-state index contributed by atoms with van der Waals surface area (Å²) < 4.78 is 10.5. The molecule has 3 atom stereocenters. The highest BCUT2D eigenvalue weighted by Gasteiger charge is 2.33. The Morgan fingerprint density at radius 2 is 1.93 bits per heavy atom. The number of hydrogen-bond acceptors (Lipinski definition) is 4. The van der Waals surface area contributed by atoms with Crippen LogP contribution in [0.2, 0.25) is 0 Å². The summed E-state index contributed by atoms with van der Waals surface area (Å²) in [6, 6.07) is 2.00. The Morgan fingerprint density at radius 1 is 1.43 bits per heavy atom. The lowest BCUT2D eigenvalue weighted by Crippen LogP contribution is -2.28. The Hall–Kier alpha value is -0.340. The zero-order valence-electron chi connectivity index (χ0n) is 8.44. The summed E-state index contributed by atoms with van der Waals surface area (Å²) in [5, 5.41) is 8.11. The Labute approximate surface area is 89.3 Å². The molecule has 0 N–H and O–H groups in total. The highest BCUT2D eigenvalue weighted by atomic mass is 35.5. The summed E-state index contributed by atoms with van der Waals surface area (Å²) >= 11 is 5.74. The van der Waals surface area contributed by atoms with Gasteiger partial charge in [0.15, 0.2) is 0 Å². The molecule has 0 aromatic rings. The first-order valence-electron chi connectivity index (χ1n) is 4.53. The van der Waals surface area contributed by atoms with Gasteiger partial charge in [0.25, 0.3) is 0 Å². The fraction of sp³-hybridized carbons (Fsp3) is 0.889. The van der Waals surface area contributed by atoms with Crippen LogP contribution >= 0.6 is 11.6 Å². The zero-order valence-corrected chi connectivity index (χ0v) is 9.20. The van der Waals surface area contributed by atoms with Gasteiger partial charge in [-0.05, 0) is 0 Å². The summed E-state index contributed by atoms with van der Waals surface area (Å²) in [4.78, 5) is 2.09. The van der Waals surface area contributed by atoms with Crippen molar-refractivity contribution in [3.63, 3.8) is 0 Å². The Bertz CT molecular complexity index is 207. The second-order valence-electron chi connectivity index (χ2n) is 3.36. The van der Waals surface area contributed by atoms with E-state index in [4.69, 9.17) is 26.3 Å². The lowest BCUT2D eigenvalue weighted by Gasteiger charge is -2.14. The minimum Gasteiger partial charge on any atom is -0.377 e. The molecule has 1 heterocycles. The average Bonchev–Trinajstić information content (AvgIpc) is 2.59. The first-order valence-corrected chi connectivity index (χ1v) is 4.96. The first kappa shape index (κ1) is 11.7. The van der Waals surface area contributed by atoms with Crippen LogP contribution < -0.4 is 0 Å². The SMILES string of the molecule is COC1CN(CC(Cl)C#N)CC1OC. The van der Waals surface area contributed by atoms with Crippen LogP contribution in [-0.4, -0.2) is 56.3 Å². The maximum absolute atomic E-state index is 8.57. The van der Waals surface area contributed by atoms with Crippen LogP contribution in [0.5, 0.6) is 0 Å². The van der Waals surface area contributed by atoms with E-state index in [2.05, 4.69) is 4.90 Å². The summed E-state index contributed by atoms with van der Waals surface area (Å²) in [6.45, 7) is 2.12. The Morgan fingerprint density at radius 3 is 2.29 bits per heavy atom. The largest absolute Gasteiger partial charge is 0.377 e. The predicted molar refractivity (Wildman–Crippen MR) is 53.3 cm³/mol. The zero-order chi connectivity index (χ0) is 10.6.